The van der Waals surface area contributed by atoms with Crippen molar-refractivity contribution in [2.75, 3.05) is 5.33 Å². The minimum absolute atomic E-state index is 0.828. The Labute approximate surface area is 189 Å². The van der Waals surface area contributed by atoms with Gasteiger partial charge in [0.15, 0.2) is 0 Å². The number of fused-ring (bicyclic) bond motifs is 1. The fourth-order valence-electron chi connectivity index (χ4n) is 2.61. The van der Waals surface area contributed by atoms with Crippen molar-refractivity contribution in [1.29, 1.82) is 0 Å². The Balaban J connectivity index is 2.00. The van der Waals surface area contributed by atoms with Gasteiger partial charge in [0.05, 0.1) is 0 Å². The summed E-state index contributed by atoms with van der Waals surface area (Å²) in [7, 11) is 0. The van der Waals surface area contributed by atoms with E-state index in [9.17, 15) is 0 Å². The van der Waals surface area contributed by atoms with E-state index in [1.165, 1.54) is 3.62 Å². The first-order chi connectivity index (χ1) is 12.5. The molecule has 1 aliphatic rings. The van der Waals surface area contributed by atoms with Crippen molar-refractivity contribution in [1.82, 2.24) is 8.03 Å². The Kier molecular flexibility index (Phi) is 6.07. The molecule has 0 fully saturated rings. The van der Waals surface area contributed by atoms with E-state index in [4.69, 9.17) is 5.10 Å². The molecule has 1 aliphatic heterocycles. The number of hydrogen-bond donors (Lipinski definition) is 0. The van der Waals surface area contributed by atoms with E-state index < -0.39 is 14.0 Å². The van der Waals surface area contributed by atoms with Crippen LogP contribution in [0, 0.1) is 0 Å². The van der Waals surface area contributed by atoms with Gasteiger partial charge in [0.1, 0.15) is 0 Å². The normalized spacial score (nSPS) is 16.7. The zero-order chi connectivity index (χ0) is 18.3. The number of allylic oxidation sites excluding steroid dienone is 1. The maximum absolute atomic E-state index is 5.06. The maximum atomic E-state index is 5.06. The molecule has 0 saturated carbocycles. The molecule has 3 nitrogen and oxygen atoms in total. The summed E-state index contributed by atoms with van der Waals surface area (Å²) in [5.74, 6) is 0.929. The van der Waals surface area contributed by atoms with E-state index in [0.717, 1.165) is 32.0 Å². The van der Waals surface area contributed by atoms with Crippen LogP contribution < -0.4 is 4.57 Å². The van der Waals surface area contributed by atoms with Crippen LogP contribution in [-0.4, -0.2) is 27.4 Å². The predicted molar refractivity (Wildman–Crippen MR) is 124 cm³/mol. The Hall–Kier alpha value is 0.380. The van der Waals surface area contributed by atoms with Crippen molar-refractivity contribution in [3.63, 3.8) is 0 Å². The van der Waals surface area contributed by atoms with Crippen LogP contribution in [0.15, 0.2) is 73.3 Å². The van der Waals surface area contributed by atoms with Gasteiger partial charge in [-0.25, -0.2) is 0 Å². The second-order valence-electron chi connectivity index (χ2n) is 5.44. The second-order valence-corrected chi connectivity index (χ2v) is 31.2. The molecule has 0 saturated heterocycles. The van der Waals surface area contributed by atoms with E-state index in [-0.39, 0.29) is 0 Å². The fraction of sp³-hybridized carbons (Fsp3) is 0.0588. The SMILES string of the molecule is BrCC1=CSc2n(nc(-c3cccc(Br)c3)[n+]2-c2ccccc2)[Te]1(Br)Br. The number of benzene rings is 2. The molecule has 0 radical (unpaired) electrons. The Morgan fingerprint density at radius 3 is 2.54 bits per heavy atom. The molecule has 26 heavy (non-hydrogen) atoms. The number of halogens is 4. The van der Waals surface area contributed by atoms with Gasteiger partial charge in [0.25, 0.3) is 0 Å². The molecule has 0 unspecified atom stereocenters. The second kappa shape index (κ2) is 8.02. The Bertz CT molecular complexity index is 1000. The van der Waals surface area contributed by atoms with Crippen LogP contribution in [0.25, 0.3) is 17.1 Å². The van der Waals surface area contributed by atoms with E-state index in [1.54, 1.807) is 11.8 Å². The summed E-state index contributed by atoms with van der Waals surface area (Å²) in [6.07, 6.45) is 0. The van der Waals surface area contributed by atoms with E-state index in [1.807, 2.05) is 18.2 Å². The number of thioether (sulfide) groups is 1. The molecule has 1 aromatic heterocycles. The molecule has 4 rings (SSSR count). The molecular weight excluding hydrogens is 725 g/mol. The van der Waals surface area contributed by atoms with Crippen molar-refractivity contribution >= 4 is 83.2 Å². The monoisotopic (exact) mass is 736 g/mol. The standard InChI is InChI=1S/C17H12Br4N3STe/c18-10-15-11-25-17-23(14-7-2-1-3-8-14)16(22-24(17)26(15,20)21)12-5-4-6-13(19)9-12/h1-9,11H,10H2/q+1. The number of aromatic nitrogens is 3. The average Bonchev–Trinajstić information content (AvgIpc) is 3.03. The molecule has 0 aliphatic carbocycles. The summed E-state index contributed by atoms with van der Waals surface area (Å²) in [4.78, 5) is 0. The van der Waals surface area contributed by atoms with Gasteiger partial charge in [0.2, 0.25) is 0 Å². The first-order valence-electron chi connectivity index (χ1n) is 7.53. The van der Waals surface area contributed by atoms with Crippen LogP contribution >= 0.6 is 69.1 Å². The molecule has 0 spiro atoms. The quantitative estimate of drug-likeness (QED) is 0.185. The van der Waals surface area contributed by atoms with Crippen molar-refractivity contribution < 1.29 is 4.57 Å². The van der Waals surface area contributed by atoms with Gasteiger partial charge in [0, 0.05) is 0 Å². The molecular formula is C17H12Br4N3STe+. The third-order valence-electron chi connectivity index (χ3n) is 3.81. The fourth-order valence-corrected chi connectivity index (χ4v) is 24.0. The van der Waals surface area contributed by atoms with Crippen molar-refractivity contribution in [2.24, 2.45) is 0 Å². The summed E-state index contributed by atoms with van der Waals surface area (Å²) >= 11 is 14.1. The Morgan fingerprint density at radius 2 is 1.85 bits per heavy atom. The first kappa shape index (κ1) is 19.7. The van der Waals surface area contributed by atoms with Crippen LogP contribution in [0.3, 0.4) is 0 Å². The van der Waals surface area contributed by atoms with Gasteiger partial charge in [-0.2, -0.15) is 0 Å². The van der Waals surface area contributed by atoms with Gasteiger partial charge in [-0.15, -0.1) is 0 Å². The average molecular weight is 738 g/mol. The number of para-hydroxylation sites is 1. The number of nitrogens with zero attached hydrogens (tertiary/aromatic N) is 3. The van der Waals surface area contributed by atoms with Gasteiger partial charge in [-0.05, 0) is 0 Å². The van der Waals surface area contributed by atoms with Crippen LogP contribution in [0.5, 0.6) is 0 Å². The molecule has 9 heteroatoms. The van der Waals surface area contributed by atoms with Crippen LogP contribution in [0.2, 0.25) is 0 Å². The van der Waals surface area contributed by atoms with Crippen molar-refractivity contribution in [3.8, 4) is 17.1 Å². The van der Waals surface area contributed by atoms with Crippen molar-refractivity contribution in [2.45, 2.75) is 5.16 Å². The molecule has 0 N–H and O–H groups in total. The molecule has 134 valence electrons. The summed E-state index contributed by atoms with van der Waals surface area (Å²) in [6, 6.07) is 18.7. The van der Waals surface area contributed by atoms with Gasteiger partial charge < -0.3 is 0 Å². The number of alkyl halides is 1. The molecule has 0 amide bonds. The zero-order valence-electron chi connectivity index (χ0n) is 13.2. The molecule has 0 bridgehead atoms. The zero-order valence-corrected chi connectivity index (χ0v) is 22.6. The minimum atomic E-state index is -2.86. The first-order valence-corrected chi connectivity index (χ1v) is 23.0. The van der Waals surface area contributed by atoms with Crippen molar-refractivity contribution in [3.05, 3.63) is 68.1 Å². The van der Waals surface area contributed by atoms with E-state index in [0.29, 0.717) is 0 Å². The van der Waals surface area contributed by atoms with E-state index in [2.05, 4.69) is 107 Å². The molecule has 3 aromatic rings. The topological polar surface area (TPSA) is 21.7 Å². The number of hydrogen-bond acceptors (Lipinski definition) is 2. The Morgan fingerprint density at radius 1 is 1.08 bits per heavy atom. The summed E-state index contributed by atoms with van der Waals surface area (Å²) in [6.45, 7) is 0. The van der Waals surface area contributed by atoms with E-state index >= 15 is 0 Å². The summed E-state index contributed by atoms with van der Waals surface area (Å²) in [5.41, 5.74) is 2.18. The summed E-state index contributed by atoms with van der Waals surface area (Å²) in [5, 5.41) is 9.22. The van der Waals surface area contributed by atoms with Crippen LogP contribution in [0.1, 0.15) is 0 Å². The van der Waals surface area contributed by atoms with Crippen LogP contribution in [-0.2, 0) is 0 Å². The molecule has 0 atom stereocenters. The predicted octanol–water partition coefficient (Wildman–Crippen LogP) is 6.09. The number of rotatable bonds is 3. The third kappa shape index (κ3) is 3.54. The van der Waals surface area contributed by atoms with Gasteiger partial charge in [-0.3, -0.25) is 0 Å². The molecule has 2 heterocycles. The van der Waals surface area contributed by atoms with Crippen LogP contribution in [0.4, 0.5) is 0 Å². The van der Waals surface area contributed by atoms with Gasteiger partial charge >= 0.3 is 191 Å². The van der Waals surface area contributed by atoms with Gasteiger partial charge in [-0.1, -0.05) is 0 Å². The third-order valence-corrected chi connectivity index (χ3v) is 21.6. The summed E-state index contributed by atoms with van der Waals surface area (Å²) < 4.78 is 6.79. The molecule has 2 aromatic carbocycles.